The second-order valence-electron chi connectivity index (χ2n) is 7.87. The normalized spacial score (nSPS) is 14.1. The molecular weight excluding hydrogens is 460 g/mol. The van der Waals surface area contributed by atoms with E-state index in [1.165, 1.54) is 19.4 Å². The zero-order chi connectivity index (χ0) is 26.0. The first kappa shape index (κ1) is 27.0. The van der Waals surface area contributed by atoms with Crippen molar-refractivity contribution in [3.05, 3.63) is 54.1 Å². The lowest BCUT2D eigenvalue weighted by Crippen LogP contribution is -2.57. The molecule has 0 fully saturated rings. The Bertz CT molecular complexity index is 1030. The highest BCUT2D eigenvalue weighted by Crippen LogP contribution is 2.06. The summed E-state index contributed by atoms with van der Waals surface area (Å²) in [6, 6.07) is 3.76. The van der Waals surface area contributed by atoms with Gasteiger partial charge < -0.3 is 36.9 Å². The van der Waals surface area contributed by atoms with E-state index in [0.29, 0.717) is 11.3 Å². The van der Waals surface area contributed by atoms with Gasteiger partial charge in [0.1, 0.15) is 18.1 Å². The Morgan fingerprint density at radius 1 is 0.943 bits per heavy atom. The van der Waals surface area contributed by atoms with E-state index in [-0.39, 0.29) is 12.8 Å². The lowest BCUT2D eigenvalue weighted by atomic mass is 10.0. The second-order valence-corrected chi connectivity index (χ2v) is 7.87. The first-order chi connectivity index (χ1) is 16.6. The number of carbonyl (C=O) groups excluding carboxylic acids is 3. The Morgan fingerprint density at radius 2 is 1.60 bits per heavy atom. The van der Waals surface area contributed by atoms with Crippen molar-refractivity contribution >= 4 is 29.7 Å². The summed E-state index contributed by atoms with van der Waals surface area (Å²) >= 11 is 0. The van der Waals surface area contributed by atoms with Crippen molar-refractivity contribution < 1.29 is 34.2 Å². The van der Waals surface area contributed by atoms with Crippen LogP contribution in [0, 0.1) is 0 Å². The maximum absolute atomic E-state index is 13.0. The van der Waals surface area contributed by atoms with E-state index in [1.807, 2.05) is 0 Å². The fourth-order valence-electron chi connectivity index (χ4n) is 3.11. The van der Waals surface area contributed by atoms with Crippen LogP contribution in [-0.2, 0) is 36.8 Å². The van der Waals surface area contributed by atoms with E-state index in [2.05, 4.69) is 25.9 Å². The number of hydrogen-bond acceptors (Lipinski definition) is 7. The van der Waals surface area contributed by atoms with Gasteiger partial charge in [-0.2, -0.15) is 0 Å². The molecule has 1 aromatic heterocycles. The molecule has 2 rings (SSSR count). The van der Waals surface area contributed by atoms with E-state index in [1.54, 1.807) is 30.3 Å². The largest absolute Gasteiger partial charge is 0.481 e. The number of H-pyrrole nitrogens is 1. The third-order valence-electron chi connectivity index (χ3n) is 4.99. The highest BCUT2D eigenvalue weighted by atomic mass is 16.4. The number of aromatic amines is 1. The molecule has 0 radical (unpaired) electrons. The van der Waals surface area contributed by atoms with Crippen LogP contribution in [0.3, 0.4) is 0 Å². The van der Waals surface area contributed by atoms with Crippen LogP contribution in [0.25, 0.3) is 0 Å². The van der Waals surface area contributed by atoms with Gasteiger partial charge in [0.25, 0.3) is 0 Å². The maximum atomic E-state index is 13.0. The summed E-state index contributed by atoms with van der Waals surface area (Å²) in [5.41, 5.74) is 6.70. The molecule has 13 nitrogen and oxygen atoms in total. The number of carboxylic acid groups (broad SMARTS) is 2. The average Bonchev–Trinajstić information content (AvgIpc) is 3.31. The number of benzene rings is 1. The molecule has 0 saturated heterocycles. The Labute approximate surface area is 200 Å². The van der Waals surface area contributed by atoms with Gasteiger partial charge in [-0.1, -0.05) is 30.3 Å². The van der Waals surface area contributed by atoms with Gasteiger partial charge in [-0.25, -0.2) is 9.78 Å². The molecule has 188 valence electrons. The van der Waals surface area contributed by atoms with Crippen molar-refractivity contribution in [2.45, 2.75) is 50.4 Å². The van der Waals surface area contributed by atoms with Crippen LogP contribution >= 0.6 is 0 Å². The topological polar surface area (TPSA) is 217 Å². The molecule has 1 heterocycles. The quantitative estimate of drug-likeness (QED) is 0.175. The fourth-order valence-corrected chi connectivity index (χ4v) is 3.11. The van der Waals surface area contributed by atoms with Gasteiger partial charge in [0.2, 0.25) is 17.7 Å². The minimum atomic E-state index is -1.36. The smallest absolute Gasteiger partial charge is 0.326 e. The van der Waals surface area contributed by atoms with Crippen molar-refractivity contribution in [2.75, 3.05) is 0 Å². The highest BCUT2D eigenvalue weighted by molar-refractivity contribution is 5.94. The predicted molar refractivity (Wildman–Crippen MR) is 122 cm³/mol. The molecule has 0 spiro atoms. The Hall–Kier alpha value is -4.26. The number of carbonyl (C=O) groups is 5. The van der Waals surface area contributed by atoms with Gasteiger partial charge in [-0.3, -0.25) is 19.2 Å². The van der Waals surface area contributed by atoms with Crippen LogP contribution < -0.4 is 21.7 Å². The second kappa shape index (κ2) is 12.8. The van der Waals surface area contributed by atoms with Crippen LogP contribution in [0.2, 0.25) is 0 Å². The predicted octanol–water partition coefficient (Wildman–Crippen LogP) is -1.44. The Kier molecular flexibility index (Phi) is 9.90. The van der Waals surface area contributed by atoms with Crippen molar-refractivity contribution in [2.24, 2.45) is 5.73 Å². The van der Waals surface area contributed by atoms with Gasteiger partial charge in [0.05, 0.1) is 18.8 Å². The Morgan fingerprint density at radius 3 is 2.17 bits per heavy atom. The minimum Gasteiger partial charge on any atom is -0.481 e. The van der Waals surface area contributed by atoms with Crippen LogP contribution in [0.4, 0.5) is 0 Å². The minimum absolute atomic E-state index is 0.0283. The van der Waals surface area contributed by atoms with E-state index >= 15 is 0 Å². The van der Waals surface area contributed by atoms with Gasteiger partial charge in [-0.15, -0.1) is 0 Å². The molecule has 2 aromatic rings. The van der Waals surface area contributed by atoms with E-state index in [9.17, 15) is 29.1 Å². The zero-order valence-electron chi connectivity index (χ0n) is 18.9. The van der Waals surface area contributed by atoms with Crippen molar-refractivity contribution in [1.29, 1.82) is 0 Å². The fraction of sp³-hybridized carbons (Fsp3) is 0.364. The summed E-state index contributed by atoms with van der Waals surface area (Å²) < 4.78 is 0. The average molecular weight is 489 g/mol. The number of nitrogens with zero attached hydrogens (tertiary/aromatic N) is 1. The summed E-state index contributed by atoms with van der Waals surface area (Å²) in [6.45, 7) is 1.33. The third-order valence-corrected chi connectivity index (χ3v) is 4.99. The number of amides is 3. The summed E-state index contributed by atoms with van der Waals surface area (Å²) in [7, 11) is 0. The van der Waals surface area contributed by atoms with Crippen molar-refractivity contribution in [3.8, 4) is 0 Å². The summed E-state index contributed by atoms with van der Waals surface area (Å²) in [6.07, 6.45) is 2.20. The summed E-state index contributed by atoms with van der Waals surface area (Å²) in [5, 5.41) is 25.6. The third kappa shape index (κ3) is 8.89. The van der Waals surface area contributed by atoms with Crippen LogP contribution in [0.15, 0.2) is 42.9 Å². The molecule has 0 aliphatic heterocycles. The first-order valence-corrected chi connectivity index (χ1v) is 10.7. The van der Waals surface area contributed by atoms with Gasteiger partial charge >= 0.3 is 11.9 Å². The molecule has 0 saturated carbocycles. The van der Waals surface area contributed by atoms with Crippen molar-refractivity contribution in [1.82, 2.24) is 25.9 Å². The molecule has 0 aliphatic carbocycles. The van der Waals surface area contributed by atoms with Gasteiger partial charge in [-0.05, 0) is 12.5 Å². The SMILES string of the molecule is CC(NC(=O)C(N)CC(=O)O)C(=O)NC(Cc1cnc[nH]1)C(=O)NC(Cc1ccccc1)C(=O)O. The molecule has 3 amide bonds. The summed E-state index contributed by atoms with van der Waals surface area (Å²) in [5.74, 6) is -4.88. The van der Waals surface area contributed by atoms with Gasteiger partial charge in [0, 0.05) is 24.7 Å². The monoisotopic (exact) mass is 488 g/mol. The van der Waals surface area contributed by atoms with Gasteiger partial charge in [0.15, 0.2) is 0 Å². The molecule has 13 heteroatoms. The molecule has 35 heavy (non-hydrogen) atoms. The van der Waals surface area contributed by atoms with Crippen molar-refractivity contribution in [3.63, 3.8) is 0 Å². The lowest BCUT2D eigenvalue weighted by Gasteiger charge is -2.23. The van der Waals surface area contributed by atoms with Crippen LogP contribution in [0.1, 0.15) is 24.6 Å². The Balaban J connectivity index is 2.09. The number of rotatable bonds is 13. The molecule has 0 aliphatic rings. The summed E-state index contributed by atoms with van der Waals surface area (Å²) in [4.78, 5) is 66.8. The lowest BCUT2D eigenvalue weighted by molar-refractivity contribution is -0.142. The molecule has 1 aromatic carbocycles. The number of hydrogen-bond donors (Lipinski definition) is 7. The molecule has 4 atom stereocenters. The number of nitrogens with two attached hydrogens (primary N) is 1. The van der Waals surface area contributed by atoms with Crippen LogP contribution in [-0.4, -0.2) is 74.0 Å². The molecule has 8 N–H and O–H groups in total. The molecule has 4 unspecified atom stereocenters. The van der Waals surface area contributed by atoms with E-state index in [0.717, 1.165) is 0 Å². The number of carboxylic acids is 2. The van der Waals surface area contributed by atoms with E-state index < -0.39 is 60.2 Å². The van der Waals surface area contributed by atoms with Crippen LogP contribution in [0.5, 0.6) is 0 Å². The molecule has 0 bridgehead atoms. The zero-order valence-corrected chi connectivity index (χ0v) is 18.9. The number of aliphatic carboxylic acids is 2. The first-order valence-electron chi connectivity index (χ1n) is 10.7. The number of aromatic nitrogens is 2. The highest BCUT2D eigenvalue weighted by Gasteiger charge is 2.29. The maximum Gasteiger partial charge on any atom is 0.326 e. The number of imidazole rings is 1. The number of nitrogens with one attached hydrogen (secondary N) is 4. The van der Waals surface area contributed by atoms with E-state index in [4.69, 9.17) is 10.8 Å². The standard InChI is InChI=1S/C22H28N6O7/c1-12(26-20(32)15(23)9-18(29)30)19(31)27-16(8-14-10-24-11-25-14)21(33)28-17(22(34)35)7-13-5-3-2-4-6-13/h2-6,10-12,15-17H,7-9,23H2,1H3,(H,24,25)(H,26,32)(H,27,31)(H,28,33)(H,29,30)(H,34,35). The molecular formula is C22H28N6O7.